The zero-order valence-electron chi connectivity index (χ0n) is 18.0. The van der Waals surface area contributed by atoms with Crippen molar-refractivity contribution in [2.75, 3.05) is 23.3 Å². The molecule has 3 aromatic carbocycles. The summed E-state index contributed by atoms with van der Waals surface area (Å²) in [6, 6.07) is 22.9. The van der Waals surface area contributed by atoms with Crippen LogP contribution < -0.4 is 10.2 Å². The molecule has 0 atom stereocenters. The maximum Gasteiger partial charge on any atom is 0.324 e. The molecule has 0 radical (unpaired) electrons. The average Bonchev–Trinajstić information content (AvgIpc) is 2.76. The number of carbonyl (C=O) groups excluding carboxylic acids is 2. The summed E-state index contributed by atoms with van der Waals surface area (Å²) < 4.78 is 0. The molecule has 1 heterocycles. The molecule has 0 saturated carbocycles. The van der Waals surface area contributed by atoms with Gasteiger partial charge in [0.25, 0.3) is 5.91 Å². The fourth-order valence-electron chi connectivity index (χ4n) is 4.13. The summed E-state index contributed by atoms with van der Waals surface area (Å²) in [6.45, 7) is 6.08. The van der Waals surface area contributed by atoms with E-state index >= 15 is 0 Å². The van der Waals surface area contributed by atoms with Crippen molar-refractivity contribution in [2.45, 2.75) is 26.8 Å². The average molecular weight is 414 g/mol. The van der Waals surface area contributed by atoms with Crippen LogP contribution in [0.25, 0.3) is 0 Å². The summed E-state index contributed by atoms with van der Waals surface area (Å²) in [5, 5.41) is 2.97. The summed E-state index contributed by atoms with van der Waals surface area (Å²) in [5.41, 5.74) is 5.48. The Morgan fingerprint density at radius 3 is 2.32 bits per heavy atom. The van der Waals surface area contributed by atoms with Crippen LogP contribution in [0.4, 0.5) is 16.2 Å². The maximum atomic E-state index is 13.3. The van der Waals surface area contributed by atoms with E-state index in [2.05, 4.69) is 37.4 Å². The second-order valence-corrected chi connectivity index (χ2v) is 8.04. The van der Waals surface area contributed by atoms with Gasteiger partial charge in [0.1, 0.15) is 0 Å². The number of para-hydroxylation sites is 2. The third-order valence-electron chi connectivity index (χ3n) is 5.45. The molecular formula is C26H27N3O2. The van der Waals surface area contributed by atoms with Gasteiger partial charge in [0.2, 0.25) is 0 Å². The van der Waals surface area contributed by atoms with Crippen molar-refractivity contribution in [3.63, 3.8) is 0 Å². The van der Waals surface area contributed by atoms with Gasteiger partial charge in [-0.1, -0.05) is 59.7 Å². The molecule has 1 N–H and O–H groups in total. The van der Waals surface area contributed by atoms with Crippen molar-refractivity contribution in [2.24, 2.45) is 0 Å². The van der Waals surface area contributed by atoms with Crippen LogP contribution >= 0.6 is 0 Å². The highest BCUT2D eigenvalue weighted by Gasteiger charge is 2.28. The molecule has 31 heavy (non-hydrogen) atoms. The normalized spacial score (nSPS) is 13.9. The molecule has 0 aliphatic carbocycles. The largest absolute Gasteiger partial charge is 0.324 e. The predicted octanol–water partition coefficient (Wildman–Crippen LogP) is 5.39. The van der Waals surface area contributed by atoms with Gasteiger partial charge in [-0.15, -0.1) is 0 Å². The highest BCUT2D eigenvalue weighted by molar-refractivity contribution is 6.07. The van der Waals surface area contributed by atoms with E-state index in [1.165, 1.54) is 11.1 Å². The fourth-order valence-corrected chi connectivity index (χ4v) is 4.13. The van der Waals surface area contributed by atoms with E-state index < -0.39 is 0 Å². The quantitative estimate of drug-likeness (QED) is 0.610. The van der Waals surface area contributed by atoms with Crippen molar-refractivity contribution >= 4 is 23.3 Å². The molecule has 3 amide bonds. The zero-order chi connectivity index (χ0) is 21.8. The number of carbonyl (C=O) groups is 2. The van der Waals surface area contributed by atoms with E-state index in [1.807, 2.05) is 47.4 Å². The molecule has 0 spiro atoms. The minimum atomic E-state index is -0.190. The van der Waals surface area contributed by atoms with Crippen LogP contribution in [-0.2, 0) is 6.54 Å². The molecule has 5 heteroatoms. The first-order valence-corrected chi connectivity index (χ1v) is 10.6. The summed E-state index contributed by atoms with van der Waals surface area (Å²) in [5.74, 6) is -0.190. The Kier molecular flexibility index (Phi) is 6.03. The highest BCUT2D eigenvalue weighted by Crippen LogP contribution is 2.29. The first-order valence-electron chi connectivity index (χ1n) is 10.6. The first-order chi connectivity index (χ1) is 15.0. The lowest BCUT2D eigenvalue weighted by Gasteiger charge is -2.36. The van der Waals surface area contributed by atoms with Crippen molar-refractivity contribution in [3.8, 4) is 0 Å². The van der Waals surface area contributed by atoms with Crippen LogP contribution in [0.15, 0.2) is 72.8 Å². The van der Waals surface area contributed by atoms with Gasteiger partial charge in [-0.3, -0.25) is 9.69 Å². The monoisotopic (exact) mass is 413 g/mol. The fraction of sp³-hybridized carbons (Fsp3) is 0.231. The molecule has 1 fully saturated rings. The third-order valence-corrected chi connectivity index (χ3v) is 5.45. The van der Waals surface area contributed by atoms with E-state index in [0.717, 1.165) is 24.2 Å². The van der Waals surface area contributed by atoms with Crippen LogP contribution in [-0.4, -0.2) is 29.9 Å². The lowest BCUT2D eigenvalue weighted by Crippen LogP contribution is -2.49. The van der Waals surface area contributed by atoms with Crippen molar-refractivity contribution in [1.29, 1.82) is 0 Å². The topological polar surface area (TPSA) is 52.6 Å². The SMILES string of the molecule is Cc1cc(C)cc(CN2CCCN(c3ccccc3NC(=O)c3ccccc3)C2=O)c1. The molecule has 1 aliphatic heterocycles. The highest BCUT2D eigenvalue weighted by atomic mass is 16.2. The molecule has 0 aromatic heterocycles. The molecule has 158 valence electrons. The first kappa shape index (κ1) is 20.7. The minimum absolute atomic E-state index is 0.0354. The second-order valence-electron chi connectivity index (χ2n) is 8.04. The van der Waals surface area contributed by atoms with Crippen LogP contribution in [0.1, 0.15) is 33.5 Å². The number of rotatable bonds is 5. The number of aryl methyl sites for hydroxylation is 2. The Balaban J connectivity index is 1.55. The van der Waals surface area contributed by atoms with Gasteiger partial charge in [0.05, 0.1) is 11.4 Å². The lowest BCUT2D eigenvalue weighted by molar-refractivity contribution is 0.102. The lowest BCUT2D eigenvalue weighted by atomic mass is 10.1. The summed E-state index contributed by atoms with van der Waals surface area (Å²) in [6.07, 6.45) is 0.873. The van der Waals surface area contributed by atoms with E-state index in [1.54, 1.807) is 17.0 Å². The molecular weight excluding hydrogens is 386 g/mol. The summed E-state index contributed by atoms with van der Waals surface area (Å²) >= 11 is 0. The standard InChI is InChI=1S/C26H27N3O2/c1-19-15-20(2)17-21(16-19)18-28-13-8-14-29(26(28)31)24-12-7-6-11-23(24)27-25(30)22-9-4-3-5-10-22/h3-7,9-12,15-17H,8,13-14,18H2,1-2H3,(H,27,30). The van der Waals surface area contributed by atoms with E-state index in [9.17, 15) is 9.59 Å². The predicted molar refractivity (Wildman–Crippen MR) is 125 cm³/mol. The van der Waals surface area contributed by atoms with Gasteiger partial charge >= 0.3 is 6.03 Å². The van der Waals surface area contributed by atoms with Gasteiger partial charge in [-0.25, -0.2) is 4.79 Å². The number of nitrogens with zero attached hydrogens (tertiary/aromatic N) is 2. The third kappa shape index (κ3) is 4.77. The molecule has 5 nitrogen and oxygen atoms in total. The van der Waals surface area contributed by atoms with Crippen LogP contribution in [0.2, 0.25) is 0 Å². The van der Waals surface area contributed by atoms with Gasteiger partial charge in [-0.05, 0) is 50.1 Å². The van der Waals surface area contributed by atoms with Crippen LogP contribution in [0.5, 0.6) is 0 Å². The summed E-state index contributed by atoms with van der Waals surface area (Å²) in [4.78, 5) is 29.7. The zero-order valence-corrected chi connectivity index (χ0v) is 18.0. The number of nitrogens with one attached hydrogen (secondary N) is 1. The number of hydrogen-bond donors (Lipinski definition) is 1. The Bertz CT molecular complexity index is 1070. The number of anilines is 2. The molecule has 1 saturated heterocycles. The van der Waals surface area contributed by atoms with E-state index in [0.29, 0.717) is 24.3 Å². The molecule has 4 rings (SSSR count). The Hall–Kier alpha value is -3.60. The second kappa shape index (κ2) is 9.04. The molecule has 0 bridgehead atoms. The molecule has 3 aromatic rings. The van der Waals surface area contributed by atoms with E-state index in [-0.39, 0.29) is 11.9 Å². The van der Waals surface area contributed by atoms with Gasteiger partial charge in [0.15, 0.2) is 0 Å². The van der Waals surface area contributed by atoms with Crippen molar-refractivity contribution in [1.82, 2.24) is 4.90 Å². The van der Waals surface area contributed by atoms with Gasteiger partial charge in [-0.2, -0.15) is 0 Å². The number of urea groups is 1. The van der Waals surface area contributed by atoms with Crippen molar-refractivity contribution in [3.05, 3.63) is 95.1 Å². The van der Waals surface area contributed by atoms with Gasteiger partial charge in [0, 0.05) is 25.2 Å². The Morgan fingerprint density at radius 1 is 0.903 bits per heavy atom. The van der Waals surface area contributed by atoms with E-state index in [4.69, 9.17) is 0 Å². The van der Waals surface area contributed by atoms with Crippen LogP contribution in [0, 0.1) is 13.8 Å². The number of benzene rings is 3. The van der Waals surface area contributed by atoms with Gasteiger partial charge < -0.3 is 10.2 Å². The number of hydrogen-bond acceptors (Lipinski definition) is 2. The summed E-state index contributed by atoms with van der Waals surface area (Å²) in [7, 11) is 0. The molecule has 0 unspecified atom stereocenters. The number of amides is 3. The Labute approximate surface area is 183 Å². The van der Waals surface area contributed by atoms with Crippen LogP contribution in [0.3, 0.4) is 0 Å². The van der Waals surface area contributed by atoms with Crippen molar-refractivity contribution < 1.29 is 9.59 Å². The smallest absolute Gasteiger partial charge is 0.320 e. The Morgan fingerprint density at radius 2 is 1.58 bits per heavy atom. The molecule has 1 aliphatic rings. The minimum Gasteiger partial charge on any atom is -0.320 e. The maximum absolute atomic E-state index is 13.3.